The van der Waals surface area contributed by atoms with Gasteiger partial charge in [0.2, 0.25) is 23.6 Å². The normalized spacial score (nSPS) is 17.4. The Labute approximate surface area is 216 Å². The highest BCUT2D eigenvalue weighted by Gasteiger charge is 2.39. The summed E-state index contributed by atoms with van der Waals surface area (Å²) in [5.74, 6) is -5.97. The van der Waals surface area contributed by atoms with Crippen LogP contribution in [0.5, 0.6) is 0 Å². The molecule has 9 N–H and O–H groups in total. The third-order valence-electron chi connectivity index (χ3n) is 6.30. The van der Waals surface area contributed by atoms with Crippen molar-refractivity contribution < 1.29 is 39.0 Å². The standard InChI is InChI=1S/C24H30N6O8/c25-14(9-20(32)33)21(34)28-16(10-19(26)31)23(36)30-7-3-6-18(30)22(35)29-17(24(37)38)8-12-11-27-15-5-2-1-4-13(12)15/h1-2,4-5,11,14,16-18,27H,3,6-10,25H2,(H2,26,31)(H,28,34)(H,29,35)(H,32,33)(H,37,38). The predicted molar refractivity (Wildman–Crippen MR) is 132 cm³/mol. The lowest BCUT2D eigenvalue weighted by Gasteiger charge is -2.29. The molecule has 1 saturated heterocycles. The van der Waals surface area contributed by atoms with Gasteiger partial charge in [-0.3, -0.25) is 24.0 Å². The van der Waals surface area contributed by atoms with E-state index in [-0.39, 0.29) is 19.4 Å². The Balaban J connectivity index is 1.72. The zero-order valence-corrected chi connectivity index (χ0v) is 20.4. The van der Waals surface area contributed by atoms with Crippen molar-refractivity contribution in [1.82, 2.24) is 20.5 Å². The lowest BCUT2D eigenvalue weighted by molar-refractivity contribution is -0.145. The molecule has 1 fully saturated rings. The zero-order valence-electron chi connectivity index (χ0n) is 20.4. The lowest BCUT2D eigenvalue weighted by Crippen LogP contribution is -2.57. The van der Waals surface area contributed by atoms with Gasteiger partial charge in [-0.25, -0.2) is 4.79 Å². The Hall–Kier alpha value is -4.46. The van der Waals surface area contributed by atoms with Crippen LogP contribution < -0.4 is 22.1 Å². The van der Waals surface area contributed by atoms with Crippen LogP contribution >= 0.6 is 0 Å². The number of amides is 4. The second kappa shape index (κ2) is 12.2. The van der Waals surface area contributed by atoms with Gasteiger partial charge in [0.25, 0.3) is 0 Å². The van der Waals surface area contributed by atoms with E-state index in [1.54, 1.807) is 6.20 Å². The molecule has 1 aromatic carbocycles. The van der Waals surface area contributed by atoms with E-state index in [1.165, 1.54) is 0 Å². The van der Waals surface area contributed by atoms with Crippen LogP contribution in [-0.4, -0.2) is 86.4 Å². The third-order valence-corrected chi connectivity index (χ3v) is 6.30. The minimum absolute atomic E-state index is 0.00637. The van der Waals surface area contributed by atoms with E-state index in [1.807, 2.05) is 24.3 Å². The molecule has 38 heavy (non-hydrogen) atoms. The minimum Gasteiger partial charge on any atom is -0.481 e. The van der Waals surface area contributed by atoms with E-state index in [0.29, 0.717) is 12.0 Å². The van der Waals surface area contributed by atoms with Crippen molar-refractivity contribution in [2.75, 3.05) is 6.54 Å². The predicted octanol–water partition coefficient (Wildman–Crippen LogP) is -1.57. The summed E-state index contributed by atoms with van der Waals surface area (Å²) in [5, 5.41) is 24.1. The number of aliphatic carboxylic acids is 2. The van der Waals surface area contributed by atoms with Crippen LogP contribution in [-0.2, 0) is 35.2 Å². The van der Waals surface area contributed by atoms with E-state index in [0.717, 1.165) is 15.8 Å². The third kappa shape index (κ3) is 6.85. The highest BCUT2D eigenvalue weighted by Crippen LogP contribution is 2.22. The van der Waals surface area contributed by atoms with Gasteiger partial charge < -0.3 is 42.2 Å². The summed E-state index contributed by atoms with van der Waals surface area (Å²) < 4.78 is 0. The number of aromatic amines is 1. The van der Waals surface area contributed by atoms with E-state index in [2.05, 4.69) is 15.6 Å². The van der Waals surface area contributed by atoms with E-state index < -0.39 is 72.6 Å². The maximum atomic E-state index is 13.2. The monoisotopic (exact) mass is 530 g/mol. The van der Waals surface area contributed by atoms with Crippen LogP contribution in [0, 0.1) is 0 Å². The molecule has 0 bridgehead atoms. The Morgan fingerprint density at radius 3 is 2.42 bits per heavy atom. The van der Waals surface area contributed by atoms with Crippen molar-refractivity contribution in [2.45, 2.75) is 56.3 Å². The molecule has 204 valence electrons. The number of carbonyl (C=O) groups is 6. The summed E-state index contributed by atoms with van der Waals surface area (Å²) in [4.78, 5) is 77.2. The smallest absolute Gasteiger partial charge is 0.326 e. The number of H-pyrrole nitrogens is 1. The fraction of sp³-hybridized carbons (Fsp3) is 0.417. The molecule has 2 aromatic rings. The van der Waals surface area contributed by atoms with Gasteiger partial charge in [-0.2, -0.15) is 0 Å². The fourth-order valence-corrected chi connectivity index (χ4v) is 4.45. The topological polar surface area (TPSA) is 238 Å². The van der Waals surface area contributed by atoms with Gasteiger partial charge in [0, 0.05) is 30.1 Å². The second-order valence-corrected chi connectivity index (χ2v) is 9.09. The van der Waals surface area contributed by atoms with Crippen LogP contribution in [0.3, 0.4) is 0 Å². The molecule has 14 nitrogen and oxygen atoms in total. The summed E-state index contributed by atoms with van der Waals surface area (Å²) in [6.07, 6.45) is 1.00. The molecule has 1 aliphatic rings. The van der Waals surface area contributed by atoms with Gasteiger partial charge in [0.15, 0.2) is 0 Å². The van der Waals surface area contributed by atoms with Gasteiger partial charge in [0.1, 0.15) is 18.1 Å². The van der Waals surface area contributed by atoms with Crippen molar-refractivity contribution in [3.63, 3.8) is 0 Å². The van der Waals surface area contributed by atoms with Gasteiger partial charge in [-0.15, -0.1) is 0 Å². The van der Waals surface area contributed by atoms with Crippen molar-refractivity contribution in [2.24, 2.45) is 11.5 Å². The molecule has 2 heterocycles. The Morgan fingerprint density at radius 2 is 1.76 bits per heavy atom. The first-order chi connectivity index (χ1) is 18.0. The number of primary amides is 1. The molecule has 0 aliphatic carbocycles. The number of nitrogens with two attached hydrogens (primary N) is 2. The SMILES string of the molecule is NC(=O)CC(NC(=O)C(N)CC(=O)O)C(=O)N1CCCC1C(=O)NC(Cc1c[nH]c2ccccc12)C(=O)O. The quantitative estimate of drug-likeness (QED) is 0.167. The van der Waals surface area contributed by atoms with Gasteiger partial charge >= 0.3 is 11.9 Å². The van der Waals surface area contributed by atoms with Crippen LogP contribution in [0.2, 0.25) is 0 Å². The highest BCUT2D eigenvalue weighted by molar-refractivity contribution is 5.97. The Kier molecular flexibility index (Phi) is 9.02. The average Bonchev–Trinajstić information content (AvgIpc) is 3.49. The number of hydrogen-bond donors (Lipinski definition) is 7. The van der Waals surface area contributed by atoms with Crippen molar-refractivity contribution in [1.29, 1.82) is 0 Å². The van der Waals surface area contributed by atoms with E-state index >= 15 is 0 Å². The second-order valence-electron chi connectivity index (χ2n) is 9.09. The number of fused-ring (bicyclic) bond motifs is 1. The number of carboxylic acid groups (broad SMARTS) is 2. The summed E-state index contributed by atoms with van der Waals surface area (Å²) >= 11 is 0. The maximum absolute atomic E-state index is 13.2. The summed E-state index contributed by atoms with van der Waals surface area (Å²) in [6, 6.07) is 2.02. The first-order valence-corrected chi connectivity index (χ1v) is 11.9. The van der Waals surface area contributed by atoms with Gasteiger partial charge in [-0.05, 0) is 24.5 Å². The summed E-state index contributed by atoms with van der Waals surface area (Å²) in [6.45, 7) is 0.115. The number of benzene rings is 1. The molecule has 3 rings (SSSR count). The first-order valence-electron chi connectivity index (χ1n) is 11.9. The Morgan fingerprint density at radius 1 is 1.05 bits per heavy atom. The molecule has 0 spiro atoms. The van der Waals surface area contributed by atoms with Crippen LogP contribution in [0.1, 0.15) is 31.2 Å². The molecular formula is C24H30N6O8. The van der Waals surface area contributed by atoms with Crippen molar-refractivity contribution in [3.05, 3.63) is 36.0 Å². The average molecular weight is 531 g/mol. The first kappa shape index (κ1) is 28.1. The fourth-order valence-electron chi connectivity index (χ4n) is 4.45. The minimum atomic E-state index is -1.48. The van der Waals surface area contributed by atoms with E-state index in [9.17, 15) is 33.9 Å². The molecule has 14 heteroatoms. The highest BCUT2D eigenvalue weighted by atomic mass is 16.4. The number of para-hydroxylation sites is 1. The number of rotatable bonds is 12. The number of carboxylic acids is 2. The van der Waals surface area contributed by atoms with Crippen molar-refractivity contribution in [3.8, 4) is 0 Å². The van der Waals surface area contributed by atoms with Crippen LogP contribution in [0.25, 0.3) is 10.9 Å². The molecular weight excluding hydrogens is 500 g/mol. The summed E-state index contributed by atoms with van der Waals surface area (Å²) in [7, 11) is 0. The molecule has 4 atom stereocenters. The zero-order chi connectivity index (χ0) is 28.0. The molecule has 0 saturated carbocycles. The number of aromatic nitrogens is 1. The molecule has 4 amide bonds. The van der Waals surface area contributed by atoms with Gasteiger partial charge in [-0.1, -0.05) is 18.2 Å². The molecule has 4 unspecified atom stereocenters. The molecule has 1 aliphatic heterocycles. The largest absolute Gasteiger partial charge is 0.481 e. The van der Waals surface area contributed by atoms with Gasteiger partial charge in [0.05, 0.1) is 18.9 Å². The number of carbonyl (C=O) groups excluding carboxylic acids is 4. The number of nitrogens with zero attached hydrogens (tertiary/aromatic N) is 1. The summed E-state index contributed by atoms with van der Waals surface area (Å²) in [5.41, 5.74) is 12.3. The maximum Gasteiger partial charge on any atom is 0.326 e. The molecule has 1 aromatic heterocycles. The van der Waals surface area contributed by atoms with Crippen molar-refractivity contribution >= 4 is 46.5 Å². The number of hydrogen-bond acceptors (Lipinski definition) is 7. The van der Waals surface area contributed by atoms with E-state index in [4.69, 9.17) is 16.6 Å². The number of likely N-dealkylation sites (tertiary alicyclic amines) is 1. The van der Waals surface area contributed by atoms with Crippen LogP contribution in [0.4, 0.5) is 0 Å². The Bertz CT molecular complexity index is 1240. The van der Waals surface area contributed by atoms with Crippen LogP contribution in [0.15, 0.2) is 30.5 Å². The molecule has 0 radical (unpaired) electrons. The lowest BCUT2D eigenvalue weighted by atomic mass is 10.0. The number of nitrogens with one attached hydrogen (secondary N) is 3.